The number of nitrogens with zero attached hydrogens (tertiary/aromatic N) is 1. The predicted octanol–water partition coefficient (Wildman–Crippen LogP) is 3.57. The van der Waals surface area contributed by atoms with E-state index in [4.69, 9.17) is 14.2 Å². The van der Waals surface area contributed by atoms with E-state index in [1.165, 1.54) is 0 Å². The van der Waals surface area contributed by atoms with E-state index in [0.29, 0.717) is 24.7 Å². The summed E-state index contributed by atoms with van der Waals surface area (Å²) in [5.74, 6) is 1.39. The highest BCUT2D eigenvalue weighted by atomic mass is 16.6. The summed E-state index contributed by atoms with van der Waals surface area (Å²) in [4.78, 5) is 19.3. The Morgan fingerprint density at radius 1 is 1.04 bits per heavy atom. The second kappa shape index (κ2) is 7.70. The lowest BCUT2D eigenvalue weighted by atomic mass is 10.2. The van der Waals surface area contributed by atoms with Gasteiger partial charge in [-0.3, -0.25) is 0 Å². The topological polar surface area (TPSA) is 73.4 Å². The van der Waals surface area contributed by atoms with Gasteiger partial charge < -0.3 is 19.2 Å². The van der Waals surface area contributed by atoms with Crippen LogP contribution in [0.1, 0.15) is 13.8 Å². The molecule has 0 unspecified atom stereocenters. The van der Waals surface area contributed by atoms with Crippen molar-refractivity contribution in [3.8, 4) is 22.9 Å². The van der Waals surface area contributed by atoms with Crippen LogP contribution in [0.3, 0.4) is 0 Å². The number of carbonyl (C=O) groups is 1. The largest absolute Gasteiger partial charge is 0.490 e. The molecule has 0 spiro atoms. The van der Waals surface area contributed by atoms with Crippen LogP contribution in [0, 0.1) is 0 Å². The summed E-state index contributed by atoms with van der Waals surface area (Å²) in [6.07, 6.45) is 0. The van der Waals surface area contributed by atoms with Crippen molar-refractivity contribution in [1.29, 1.82) is 0 Å². The van der Waals surface area contributed by atoms with E-state index in [-0.39, 0.29) is 6.61 Å². The number of imidazole rings is 1. The van der Waals surface area contributed by atoms with Gasteiger partial charge in [-0.25, -0.2) is 9.78 Å². The maximum Gasteiger partial charge on any atom is 0.344 e. The Balaban J connectivity index is 1.86. The zero-order valence-corrected chi connectivity index (χ0v) is 14.2. The molecule has 25 heavy (non-hydrogen) atoms. The minimum absolute atomic E-state index is 0.155. The smallest absolute Gasteiger partial charge is 0.344 e. The van der Waals surface area contributed by atoms with E-state index < -0.39 is 5.97 Å². The Kier molecular flexibility index (Phi) is 5.18. The molecule has 0 aliphatic carbocycles. The van der Waals surface area contributed by atoms with Gasteiger partial charge in [-0.2, -0.15) is 0 Å². The van der Waals surface area contributed by atoms with Crippen LogP contribution in [-0.2, 0) is 9.53 Å². The van der Waals surface area contributed by atoms with Gasteiger partial charge in [0.2, 0.25) is 0 Å². The fourth-order valence-electron chi connectivity index (χ4n) is 2.47. The van der Waals surface area contributed by atoms with Gasteiger partial charge in [0.05, 0.1) is 24.2 Å². The summed E-state index contributed by atoms with van der Waals surface area (Å²) < 4.78 is 16.0. The summed E-state index contributed by atoms with van der Waals surface area (Å²) in [6, 6.07) is 13.3. The quantitative estimate of drug-likeness (QED) is 0.666. The van der Waals surface area contributed by atoms with Crippen molar-refractivity contribution < 1.29 is 19.0 Å². The van der Waals surface area contributed by atoms with Gasteiger partial charge >= 0.3 is 5.97 Å². The van der Waals surface area contributed by atoms with Gasteiger partial charge in [-0.15, -0.1) is 0 Å². The predicted molar refractivity (Wildman–Crippen MR) is 94.8 cm³/mol. The molecule has 1 heterocycles. The fourth-order valence-corrected chi connectivity index (χ4v) is 2.47. The van der Waals surface area contributed by atoms with Crippen molar-refractivity contribution in [1.82, 2.24) is 9.97 Å². The van der Waals surface area contributed by atoms with Crippen LogP contribution in [0.25, 0.3) is 22.4 Å². The maximum atomic E-state index is 11.5. The van der Waals surface area contributed by atoms with E-state index in [1.54, 1.807) is 13.0 Å². The van der Waals surface area contributed by atoms with E-state index in [0.717, 1.165) is 22.4 Å². The first kappa shape index (κ1) is 16.8. The molecule has 0 fully saturated rings. The van der Waals surface area contributed by atoms with Crippen LogP contribution >= 0.6 is 0 Å². The number of aromatic nitrogens is 2. The molecule has 6 heteroatoms. The van der Waals surface area contributed by atoms with E-state index in [1.807, 2.05) is 43.3 Å². The number of hydrogen-bond acceptors (Lipinski definition) is 5. The standard InChI is InChI=1S/C19H20N2O4/c1-3-23-17-11-13(9-10-16(17)25-12-18(22)24-4-2)19-20-14-7-5-6-8-15(14)21-19/h5-11H,3-4,12H2,1-2H3,(H,20,21). The Labute approximate surface area is 145 Å². The lowest BCUT2D eigenvalue weighted by Gasteiger charge is -2.12. The first-order valence-electron chi connectivity index (χ1n) is 8.21. The third kappa shape index (κ3) is 3.91. The van der Waals surface area contributed by atoms with E-state index >= 15 is 0 Å². The Morgan fingerprint density at radius 3 is 2.64 bits per heavy atom. The number of para-hydroxylation sites is 2. The van der Waals surface area contributed by atoms with E-state index in [9.17, 15) is 4.79 Å². The molecule has 0 radical (unpaired) electrons. The zero-order chi connectivity index (χ0) is 17.6. The molecule has 3 rings (SSSR count). The van der Waals surface area contributed by atoms with Crippen molar-refractivity contribution in [3.63, 3.8) is 0 Å². The number of benzene rings is 2. The van der Waals surface area contributed by atoms with Crippen LogP contribution in [0.4, 0.5) is 0 Å². The molecule has 0 aliphatic heterocycles. The van der Waals surface area contributed by atoms with Crippen molar-refractivity contribution in [2.45, 2.75) is 13.8 Å². The minimum Gasteiger partial charge on any atom is -0.490 e. The van der Waals surface area contributed by atoms with Crippen LogP contribution in [0.5, 0.6) is 11.5 Å². The highest BCUT2D eigenvalue weighted by Gasteiger charge is 2.12. The number of nitrogens with one attached hydrogen (secondary N) is 1. The summed E-state index contributed by atoms with van der Waals surface area (Å²) >= 11 is 0. The fraction of sp³-hybridized carbons (Fsp3) is 0.263. The van der Waals surface area contributed by atoms with Crippen LogP contribution in [0.2, 0.25) is 0 Å². The van der Waals surface area contributed by atoms with Crippen LogP contribution in [-0.4, -0.2) is 35.8 Å². The number of carbonyl (C=O) groups excluding carboxylic acids is 1. The molecule has 0 atom stereocenters. The minimum atomic E-state index is -0.411. The maximum absolute atomic E-state index is 11.5. The Hall–Kier alpha value is -3.02. The number of esters is 1. The molecule has 6 nitrogen and oxygen atoms in total. The molecule has 0 saturated carbocycles. The third-order valence-electron chi connectivity index (χ3n) is 3.56. The monoisotopic (exact) mass is 340 g/mol. The third-order valence-corrected chi connectivity index (χ3v) is 3.56. The lowest BCUT2D eigenvalue weighted by molar-refractivity contribution is -0.145. The average Bonchev–Trinajstić information content (AvgIpc) is 3.05. The summed E-state index contributed by atoms with van der Waals surface area (Å²) in [6.45, 7) is 4.30. The molecular weight excluding hydrogens is 320 g/mol. The number of aromatic amines is 1. The van der Waals surface area contributed by atoms with Gasteiger partial charge in [-0.05, 0) is 44.2 Å². The van der Waals surface area contributed by atoms with Gasteiger partial charge in [0.15, 0.2) is 18.1 Å². The first-order valence-corrected chi connectivity index (χ1v) is 8.21. The number of H-pyrrole nitrogens is 1. The van der Waals surface area contributed by atoms with Gasteiger partial charge in [-0.1, -0.05) is 12.1 Å². The average molecular weight is 340 g/mol. The molecule has 3 aromatic rings. The second-order valence-electron chi connectivity index (χ2n) is 5.29. The number of rotatable bonds is 7. The normalized spacial score (nSPS) is 10.6. The molecule has 0 aliphatic rings. The SMILES string of the molecule is CCOC(=O)COc1ccc(-c2nc3ccccc3[nH]2)cc1OCC. The van der Waals surface area contributed by atoms with Crippen LogP contribution in [0.15, 0.2) is 42.5 Å². The highest BCUT2D eigenvalue weighted by Crippen LogP contribution is 2.32. The van der Waals surface area contributed by atoms with Crippen molar-refractivity contribution in [2.75, 3.05) is 19.8 Å². The number of fused-ring (bicyclic) bond motifs is 1. The van der Waals surface area contributed by atoms with Crippen molar-refractivity contribution in [3.05, 3.63) is 42.5 Å². The molecule has 0 bridgehead atoms. The number of ether oxygens (including phenoxy) is 3. The number of hydrogen-bond donors (Lipinski definition) is 1. The zero-order valence-electron chi connectivity index (χ0n) is 14.2. The summed E-state index contributed by atoms with van der Waals surface area (Å²) in [5, 5.41) is 0. The van der Waals surface area contributed by atoms with Gasteiger partial charge in [0.25, 0.3) is 0 Å². The molecule has 1 aromatic heterocycles. The molecule has 0 amide bonds. The lowest BCUT2D eigenvalue weighted by Crippen LogP contribution is -2.15. The van der Waals surface area contributed by atoms with Crippen molar-refractivity contribution in [2.24, 2.45) is 0 Å². The Morgan fingerprint density at radius 2 is 1.88 bits per heavy atom. The highest BCUT2D eigenvalue weighted by molar-refractivity contribution is 5.79. The van der Waals surface area contributed by atoms with Crippen molar-refractivity contribution >= 4 is 17.0 Å². The molecule has 2 aromatic carbocycles. The second-order valence-corrected chi connectivity index (χ2v) is 5.29. The molecule has 130 valence electrons. The summed E-state index contributed by atoms with van der Waals surface area (Å²) in [5.41, 5.74) is 2.75. The van der Waals surface area contributed by atoms with Gasteiger partial charge in [0, 0.05) is 5.56 Å². The molecule has 0 saturated heterocycles. The summed E-state index contributed by atoms with van der Waals surface area (Å²) in [7, 11) is 0. The molecular formula is C19H20N2O4. The first-order chi connectivity index (χ1) is 12.2. The molecule has 1 N–H and O–H groups in total. The van der Waals surface area contributed by atoms with E-state index in [2.05, 4.69) is 9.97 Å². The van der Waals surface area contributed by atoms with Crippen LogP contribution < -0.4 is 9.47 Å². The Bertz CT molecular complexity index is 840. The van der Waals surface area contributed by atoms with Gasteiger partial charge in [0.1, 0.15) is 5.82 Å².